The van der Waals surface area contributed by atoms with Crippen LogP contribution in [0.5, 0.6) is 0 Å². The third kappa shape index (κ3) is 6.69. The Morgan fingerprint density at radius 2 is 1.38 bits per heavy atom. The summed E-state index contributed by atoms with van der Waals surface area (Å²) in [4.78, 5) is 14.4. The highest BCUT2D eigenvalue weighted by Crippen LogP contribution is 2.37. The molecule has 0 bridgehead atoms. The average molecular weight is 523 g/mol. The monoisotopic (exact) mass is 523 g/mol. The number of benzene rings is 2. The van der Waals surface area contributed by atoms with Gasteiger partial charge in [0.05, 0.1) is 16.8 Å². The molecule has 0 atom stereocenters. The number of carbonyl (C=O) groups excluding carboxylic acids is 1. The third-order valence-electron chi connectivity index (χ3n) is 6.04. The van der Waals surface area contributed by atoms with Gasteiger partial charge in [0.25, 0.3) is 0 Å². The number of anilines is 3. The summed E-state index contributed by atoms with van der Waals surface area (Å²) in [7, 11) is 0. The molecule has 37 heavy (non-hydrogen) atoms. The Balaban J connectivity index is 1.41. The largest absolute Gasteiger partial charge is 0.416 e. The van der Waals surface area contributed by atoms with E-state index in [0.29, 0.717) is 29.3 Å². The number of carbonyl (C=O) groups is 1. The molecule has 4 rings (SSSR count). The molecule has 1 aromatic heterocycles. The molecule has 3 aromatic rings. The zero-order valence-corrected chi connectivity index (χ0v) is 19.6. The second-order valence-electron chi connectivity index (χ2n) is 8.90. The molecule has 6 nitrogen and oxygen atoms in total. The number of rotatable bonds is 4. The number of hydrogen-bond donors (Lipinski definition) is 2. The van der Waals surface area contributed by atoms with Gasteiger partial charge in [0.2, 0.25) is 0 Å². The van der Waals surface area contributed by atoms with E-state index in [1.165, 1.54) is 12.1 Å². The van der Waals surface area contributed by atoms with Gasteiger partial charge in [-0.3, -0.25) is 0 Å². The van der Waals surface area contributed by atoms with Crippen LogP contribution in [0.15, 0.2) is 54.6 Å². The van der Waals surface area contributed by atoms with E-state index in [0.717, 1.165) is 31.7 Å². The van der Waals surface area contributed by atoms with Crippen LogP contribution in [0, 0.1) is 5.92 Å². The molecule has 2 amide bonds. The van der Waals surface area contributed by atoms with Crippen LogP contribution >= 0.6 is 0 Å². The summed E-state index contributed by atoms with van der Waals surface area (Å²) < 4.78 is 78.1. The summed E-state index contributed by atoms with van der Waals surface area (Å²) in [6.45, 7) is 4.08. The predicted octanol–water partition coefficient (Wildman–Crippen LogP) is 7.06. The summed E-state index contributed by atoms with van der Waals surface area (Å²) in [5.74, 6) is 1.49. The standard InChI is InChI=1S/C25H23F6N5O/c1-15-8-10-36(11-9-15)22-7-6-21(34-35-22)16-2-4-19(5-3-16)32-23(37)33-20-13-17(24(26,27)28)12-18(14-20)25(29,30)31/h2-7,12-15H,8-11H2,1H3,(H2,32,33,37). The van der Waals surface area contributed by atoms with Gasteiger partial charge < -0.3 is 15.5 Å². The first-order valence-electron chi connectivity index (χ1n) is 11.4. The van der Waals surface area contributed by atoms with Crippen LogP contribution < -0.4 is 15.5 Å². The Morgan fingerprint density at radius 3 is 1.89 bits per heavy atom. The highest BCUT2D eigenvalue weighted by molar-refractivity contribution is 6.00. The number of aromatic nitrogens is 2. The number of nitrogens with zero attached hydrogens (tertiary/aromatic N) is 3. The molecule has 2 aromatic carbocycles. The summed E-state index contributed by atoms with van der Waals surface area (Å²) in [5.41, 5.74) is -2.10. The van der Waals surface area contributed by atoms with Gasteiger partial charge in [-0.05, 0) is 61.2 Å². The normalized spacial score (nSPS) is 14.9. The molecule has 0 radical (unpaired) electrons. The van der Waals surface area contributed by atoms with Gasteiger partial charge in [-0.2, -0.15) is 26.3 Å². The first-order valence-corrected chi connectivity index (χ1v) is 11.4. The zero-order valence-electron chi connectivity index (χ0n) is 19.6. The van der Waals surface area contributed by atoms with Gasteiger partial charge in [0.1, 0.15) is 0 Å². The molecule has 0 aliphatic carbocycles. The topological polar surface area (TPSA) is 70.2 Å². The summed E-state index contributed by atoms with van der Waals surface area (Å²) >= 11 is 0. The Morgan fingerprint density at radius 1 is 0.811 bits per heavy atom. The Labute approximate surface area is 208 Å². The Hall–Kier alpha value is -3.83. The number of nitrogens with one attached hydrogen (secondary N) is 2. The number of urea groups is 1. The lowest BCUT2D eigenvalue weighted by Crippen LogP contribution is -2.33. The molecule has 0 saturated carbocycles. The highest BCUT2D eigenvalue weighted by atomic mass is 19.4. The molecular weight excluding hydrogens is 500 g/mol. The number of alkyl halides is 6. The SMILES string of the molecule is CC1CCN(c2ccc(-c3ccc(NC(=O)Nc4cc(C(F)(F)F)cc(C(F)(F)F)c4)cc3)nn2)CC1. The van der Waals surface area contributed by atoms with Crippen LogP contribution in [0.1, 0.15) is 30.9 Å². The van der Waals surface area contributed by atoms with Crippen molar-refractivity contribution in [1.82, 2.24) is 10.2 Å². The minimum Gasteiger partial charge on any atom is -0.355 e. The van der Waals surface area contributed by atoms with E-state index < -0.39 is 35.2 Å². The second kappa shape index (κ2) is 10.3. The van der Waals surface area contributed by atoms with Gasteiger partial charge in [-0.1, -0.05) is 19.1 Å². The highest BCUT2D eigenvalue weighted by Gasteiger charge is 2.37. The maximum Gasteiger partial charge on any atom is 0.416 e. The number of hydrogen-bond acceptors (Lipinski definition) is 4. The molecule has 1 aliphatic rings. The van der Waals surface area contributed by atoms with Crippen molar-refractivity contribution in [2.24, 2.45) is 5.92 Å². The maximum absolute atomic E-state index is 13.0. The third-order valence-corrected chi connectivity index (χ3v) is 6.04. The lowest BCUT2D eigenvalue weighted by molar-refractivity contribution is -0.143. The summed E-state index contributed by atoms with van der Waals surface area (Å²) in [5, 5.41) is 13.0. The molecule has 0 unspecified atom stereocenters. The molecule has 2 N–H and O–H groups in total. The van der Waals surface area contributed by atoms with Gasteiger partial charge in [0, 0.05) is 30.0 Å². The number of halogens is 6. The molecule has 2 heterocycles. The fourth-order valence-electron chi connectivity index (χ4n) is 3.93. The van der Waals surface area contributed by atoms with Crippen LogP contribution in [-0.2, 0) is 12.4 Å². The van der Waals surface area contributed by atoms with E-state index >= 15 is 0 Å². The van der Waals surface area contributed by atoms with Gasteiger partial charge >= 0.3 is 18.4 Å². The van der Waals surface area contributed by atoms with E-state index in [9.17, 15) is 31.1 Å². The summed E-state index contributed by atoms with van der Waals surface area (Å²) in [6, 6.07) is 9.97. The van der Waals surface area contributed by atoms with Crippen molar-refractivity contribution in [2.45, 2.75) is 32.1 Å². The second-order valence-corrected chi connectivity index (χ2v) is 8.90. The quantitative estimate of drug-likeness (QED) is 0.359. The maximum atomic E-state index is 13.0. The van der Waals surface area contributed by atoms with Crippen molar-refractivity contribution in [3.8, 4) is 11.3 Å². The van der Waals surface area contributed by atoms with Crippen molar-refractivity contribution >= 4 is 23.2 Å². The first-order chi connectivity index (χ1) is 17.4. The number of amides is 2. The van der Waals surface area contributed by atoms with Crippen LogP contribution in [0.4, 0.5) is 48.3 Å². The van der Waals surface area contributed by atoms with Gasteiger partial charge in [-0.15, -0.1) is 10.2 Å². The van der Waals surface area contributed by atoms with E-state index in [-0.39, 0.29) is 11.8 Å². The van der Waals surface area contributed by atoms with Crippen LogP contribution in [-0.4, -0.2) is 29.3 Å². The molecule has 1 aliphatic heterocycles. The van der Waals surface area contributed by atoms with Crippen molar-refractivity contribution < 1.29 is 31.1 Å². The minimum absolute atomic E-state index is 0.00969. The van der Waals surface area contributed by atoms with E-state index in [1.54, 1.807) is 12.1 Å². The van der Waals surface area contributed by atoms with Crippen molar-refractivity contribution in [2.75, 3.05) is 28.6 Å². The van der Waals surface area contributed by atoms with E-state index in [2.05, 4.69) is 27.3 Å². The predicted molar refractivity (Wildman–Crippen MR) is 127 cm³/mol. The fraction of sp³-hybridized carbons (Fsp3) is 0.320. The molecule has 0 spiro atoms. The van der Waals surface area contributed by atoms with Crippen LogP contribution in [0.2, 0.25) is 0 Å². The van der Waals surface area contributed by atoms with Crippen LogP contribution in [0.3, 0.4) is 0 Å². The lowest BCUT2D eigenvalue weighted by atomic mass is 9.99. The average Bonchev–Trinajstić information content (AvgIpc) is 2.84. The van der Waals surface area contributed by atoms with Gasteiger partial charge in [0.15, 0.2) is 5.82 Å². The summed E-state index contributed by atoms with van der Waals surface area (Å²) in [6.07, 6.45) is -7.83. The molecule has 12 heteroatoms. The van der Waals surface area contributed by atoms with Gasteiger partial charge in [-0.25, -0.2) is 4.79 Å². The van der Waals surface area contributed by atoms with E-state index in [1.807, 2.05) is 17.4 Å². The minimum atomic E-state index is -5.02. The van der Waals surface area contributed by atoms with Crippen molar-refractivity contribution in [1.29, 1.82) is 0 Å². The van der Waals surface area contributed by atoms with Crippen LogP contribution in [0.25, 0.3) is 11.3 Å². The fourth-order valence-corrected chi connectivity index (χ4v) is 3.93. The molecule has 1 fully saturated rings. The van der Waals surface area contributed by atoms with E-state index in [4.69, 9.17) is 0 Å². The number of piperidine rings is 1. The Kier molecular flexibility index (Phi) is 7.28. The van der Waals surface area contributed by atoms with Crippen molar-refractivity contribution in [3.05, 3.63) is 65.7 Å². The molecular formula is C25H23F6N5O. The zero-order chi connectivity index (χ0) is 26.8. The smallest absolute Gasteiger partial charge is 0.355 e. The molecule has 1 saturated heterocycles. The first kappa shape index (κ1) is 26.2. The molecule has 196 valence electrons. The lowest BCUT2D eigenvalue weighted by Gasteiger charge is -2.30. The Bertz CT molecular complexity index is 1200. The van der Waals surface area contributed by atoms with Crippen molar-refractivity contribution in [3.63, 3.8) is 0 Å².